The van der Waals surface area contributed by atoms with Crippen LogP contribution in [0.5, 0.6) is 0 Å². The van der Waals surface area contributed by atoms with Crippen molar-refractivity contribution in [2.24, 2.45) is 5.73 Å². The molecule has 4 aromatic rings. The highest BCUT2D eigenvalue weighted by atomic mass is 32.1. The predicted octanol–water partition coefficient (Wildman–Crippen LogP) is 4.65. The molecule has 1 saturated carbocycles. The van der Waals surface area contributed by atoms with Crippen LogP contribution < -0.4 is 16.4 Å². The average molecular weight is 575 g/mol. The minimum absolute atomic E-state index is 0.135. The summed E-state index contributed by atoms with van der Waals surface area (Å²) in [6.45, 7) is 0.437. The Kier molecular flexibility index (Phi) is 8.99. The summed E-state index contributed by atoms with van der Waals surface area (Å²) >= 11 is 2.83. The topological polar surface area (TPSA) is 160 Å². The van der Waals surface area contributed by atoms with Gasteiger partial charge in [0, 0.05) is 24.6 Å². The van der Waals surface area contributed by atoms with E-state index in [0.29, 0.717) is 16.8 Å². The lowest BCUT2D eigenvalue weighted by atomic mass is 9.82. The number of nitrogens with zero attached hydrogens (tertiary/aromatic N) is 4. The zero-order valence-corrected chi connectivity index (χ0v) is 23.4. The number of hydrogen-bond acceptors (Lipinski definition) is 10. The summed E-state index contributed by atoms with van der Waals surface area (Å²) in [6, 6.07) is 15.0. The number of amides is 2. The number of carbonyl (C=O) groups is 2. The number of aromatic nitrogens is 4. The van der Waals surface area contributed by atoms with Crippen LogP contribution in [0.25, 0.3) is 0 Å². The quantitative estimate of drug-likeness (QED) is 0.201. The van der Waals surface area contributed by atoms with Gasteiger partial charge in [0.05, 0.1) is 12.8 Å². The molecule has 2 atom stereocenters. The van der Waals surface area contributed by atoms with Gasteiger partial charge in [0.2, 0.25) is 22.1 Å². The third kappa shape index (κ3) is 7.20. The van der Waals surface area contributed by atoms with E-state index >= 15 is 0 Å². The molecule has 5 N–H and O–H groups in total. The molecule has 2 aromatic heterocycles. The summed E-state index contributed by atoms with van der Waals surface area (Å²) in [6.07, 6.45) is 5.62. The summed E-state index contributed by atoms with van der Waals surface area (Å²) in [5.74, 6) is 0.153. The molecule has 2 heterocycles. The smallest absolute Gasteiger partial charge is 0.230 e. The second-order valence-corrected chi connectivity index (χ2v) is 11.8. The zero-order chi connectivity index (χ0) is 27.9. The third-order valence-electron chi connectivity index (χ3n) is 6.82. The van der Waals surface area contributed by atoms with Crippen molar-refractivity contribution >= 4 is 51.0 Å². The maximum Gasteiger partial charge on any atom is 0.230 e. The molecular weight excluding hydrogens is 544 g/mol. The summed E-state index contributed by atoms with van der Waals surface area (Å²) in [7, 11) is 0. The van der Waals surface area contributed by atoms with Crippen molar-refractivity contribution in [1.29, 1.82) is 5.41 Å². The molecule has 0 radical (unpaired) electrons. The van der Waals surface area contributed by atoms with Crippen molar-refractivity contribution in [2.45, 2.75) is 56.9 Å². The van der Waals surface area contributed by atoms with E-state index in [0.717, 1.165) is 58.0 Å². The van der Waals surface area contributed by atoms with Crippen molar-refractivity contribution in [2.75, 3.05) is 10.6 Å². The Bertz CT molecular complexity index is 1500. The SMILES string of the molecule is N=Cc1cccc(CC(=O)Nc2nnc([C@H]3CCC[C@H](c4nnc(NC(=O)Cc5cccc(CN)c5)s4)C3)s2)c1. The lowest BCUT2D eigenvalue weighted by Crippen LogP contribution is -2.14. The van der Waals surface area contributed by atoms with Gasteiger partial charge < -0.3 is 21.8 Å². The van der Waals surface area contributed by atoms with Gasteiger partial charge in [0.1, 0.15) is 10.0 Å². The molecule has 2 amide bonds. The maximum absolute atomic E-state index is 12.6. The molecule has 0 spiro atoms. The Morgan fingerprint density at radius 1 is 0.850 bits per heavy atom. The highest BCUT2D eigenvalue weighted by Gasteiger charge is 2.29. The van der Waals surface area contributed by atoms with Crippen LogP contribution in [0.15, 0.2) is 48.5 Å². The molecule has 0 aliphatic heterocycles. The van der Waals surface area contributed by atoms with Gasteiger partial charge in [-0.15, -0.1) is 20.4 Å². The first kappa shape index (κ1) is 27.7. The molecule has 1 aliphatic carbocycles. The normalized spacial score (nSPS) is 16.8. The Morgan fingerprint density at radius 3 is 1.98 bits per heavy atom. The first-order valence-corrected chi connectivity index (χ1v) is 14.8. The number of anilines is 2. The monoisotopic (exact) mass is 574 g/mol. The van der Waals surface area contributed by atoms with E-state index in [2.05, 4.69) is 31.0 Å². The van der Waals surface area contributed by atoms with Crippen molar-refractivity contribution in [3.8, 4) is 0 Å². The fraction of sp³-hybridized carbons (Fsp3) is 0.321. The lowest BCUT2D eigenvalue weighted by Gasteiger charge is -2.25. The van der Waals surface area contributed by atoms with Gasteiger partial charge in [0.15, 0.2) is 0 Å². The van der Waals surface area contributed by atoms with Gasteiger partial charge in [-0.1, -0.05) is 71.6 Å². The maximum atomic E-state index is 12.6. The van der Waals surface area contributed by atoms with E-state index < -0.39 is 0 Å². The summed E-state index contributed by atoms with van der Waals surface area (Å²) in [5, 5.41) is 33.1. The van der Waals surface area contributed by atoms with Crippen LogP contribution in [0.1, 0.15) is 69.8 Å². The van der Waals surface area contributed by atoms with Crippen LogP contribution in [-0.4, -0.2) is 38.4 Å². The van der Waals surface area contributed by atoms with Crippen molar-refractivity contribution in [3.05, 3.63) is 80.8 Å². The molecule has 1 aliphatic rings. The van der Waals surface area contributed by atoms with Gasteiger partial charge in [-0.3, -0.25) is 9.59 Å². The van der Waals surface area contributed by atoms with E-state index in [9.17, 15) is 9.59 Å². The molecule has 40 heavy (non-hydrogen) atoms. The van der Waals surface area contributed by atoms with Gasteiger partial charge in [-0.05, 0) is 47.6 Å². The molecule has 0 bridgehead atoms. The van der Waals surface area contributed by atoms with E-state index in [4.69, 9.17) is 11.1 Å². The second-order valence-electron chi connectivity index (χ2n) is 9.81. The first-order chi connectivity index (χ1) is 19.5. The van der Waals surface area contributed by atoms with Crippen LogP contribution >= 0.6 is 22.7 Å². The number of carbonyl (C=O) groups excluding carboxylic acids is 2. The van der Waals surface area contributed by atoms with E-state index in [1.165, 1.54) is 28.9 Å². The first-order valence-electron chi connectivity index (χ1n) is 13.1. The van der Waals surface area contributed by atoms with Gasteiger partial charge in [-0.25, -0.2) is 0 Å². The predicted molar refractivity (Wildman–Crippen MR) is 157 cm³/mol. The molecule has 0 unspecified atom stereocenters. The largest absolute Gasteiger partial charge is 0.326 e. The number of nitrogens with one attached hydrogen (secondary N) is 3. The van der Waals surface area contributed by atoms with Gasteiger partial charge in [-0.2, -0.15) is 0 Å². The number of rotatable bonds is 10. The third-order valence-corrected chi connectivity index (χ3v) is 8.82. The zero-order valence-electron chi connectivity index (χ0n) is 21.8. The van der Waals surface area contributed by atoms with Gasteiger partial charge >= 0.3 is 0 Å². The average Bonchev–Trinajstić information content (AvgIpc) is 3.63. The molecule has 0 saturated heterocycles. The summed E-state index contributed by atoms with van der Waals surface area (Å²) in [4.78, 5) is 25.1. The fourth-order valence-corrected chi connectivity index (χ4v) is 6.71. The summed E-state index contributed by atoms with van der Waals surface area (Å²) in [5.41, 5.74) is 9.20. The van der Waals surface area contributed by atoms with Crippen LogP contribution in [0, 0.1) is 5.41 Å². The Labute approximate surface area is 240 Å². The van der Waals surface area contributed by atoms with Gasteiger partial charge in [0.25, 0.3) is 0 Å². The molecule has 12 heteroatoms. The summed E-state index contributed by atoms with van der Waals surface area (Å²) < 4.78 is 0. The van der Waals surface area contributed by atoms with E-state index in [-0.39, 0.29) is 36.5 Å². The Hall–Kier alpha value is -3.87. The van der Waals surface area contributed by atoms with Crippen molar-refractivity contribution in [3.63, 3.8) is 0 Å². The van der Waals surface area contributed by atoms with E-state index in [1.807, 2.05) is 48.5 Å². The molecule has 1 fully saturated rings. The highest BCUT2D eigenvalue weighted by molar-refractivity contribution is 7.15. The number of nitrogens with two attached hydrogens (primary N) is 1. The van der Waals surface area contributed by atoms with Crippen LogP contribution in [0.3, 0.4) is 0 Å². The second kappa shape index (κ2) is 13.0. The van der Waals surface area contributed by atoms with Crippen LogP contribution in [0.4, 0.5) is 10.3 Å². The Morgan fingerprint density at radius 2 is 1.40 bits per heavy atom. The molecule has 10 nitrogen and oxygen atoms in total. The molecule has 2 aromatic carbocycles. The standard InChI is InChI=1S/C28H30N8O2S2/c29-15-19-6-1-4-17(10-19)12-23(37)31-27-35-33-25(39-27)21-8-3-9-22(14-21)26-34-36-28(40-26)32-24(38)13-18-5-2-7-20(11-18)16-30/h1-2,4-7,10-11,15,21-22,29H,3,8-9,12-14,16,30H2,(H,31,35,37)(H,32,36,38)/t21-,22-/m0/s1. The number of hydrogen-bond donors (Lipinski definition) is 4. The number of benzene rings is 2. The van der Waals surface area contributed by atoms with Crippen molar-refractivity contribution < 1.29 is 9.59 Å². The van der Waals surface area contributed by atoms with Crippen molar-refractivity contribution in [1.82, 2.24) is 20.4 Å². The molecule has 5 rings (SSSR count). The molecular formula is C28H30N8O2S2. The lowest BCUT2D eigenvalue weighted by molar-refractivity contribution is -0.116. The highest BCUT2D eigenvalue weighted by Crippen LogP contribution is 2.43. The Balaban J connectivity index is 1.15. The van der Waals surface area contributed by atoms with Crippen LogP contribution in [0.2, 0.25) is 0 Å². The minimum atomic E-state index is -0.165. The van der Waals surface area contributed by atoms with E-state index in [1.54, 1.807) is 0 Å². The van der Waals surface area contributed by atoms with Crippen LogP contribution in [-0.2, 0) is 29.0 Å². The fourth-order valence-electron chi connectivity index (χ4n) is 4.90. The molecule has 206 valence electrons. The minimum Gasteiger partial charge on any atom is -0.326 e.